The van der Waals surface area contributed by atoms with Crippen LogP contribution < -0.4 is 9.64 Å². The van der Waals surface area contributed by atoms with Crippen LogP contribution >= 0.6 is 0 Å². The number of aromatic nitrogens is 2. The van der Waals surface area contributed by atoms with Gasteiger partial charge in [-0.15, -0.1) is 0 Å². The average Bonchev–Trinajstić information content (AvgIpc) is 3.59. The molecule has 3 aliphatic rings. The van der Waals surface area contributed by atoms with E-state index in [9.17, 15) is 13.6 Å². The van der Waals surface area contributed by atoms with Gasteiger partial charge >= 0.3 is 0 Å². The Kier molecular flexibility index (Phi) is 6.38. The molecule has 5 rings (SSSR count). The van der Waals surface area contributed by atoms with E-state index >= 15 is 0 Å². The number of hydrogen-bond donors (Lipinski definition) is 0. The summed E-state index contributed by atoms with van der Waals surface area (Å²) < 4.78 is 38.4. The second kappa shape index (κ2) is 9.44. The Hall–Kier alpha value is -2.81. The van der Waals surface area contributed by atoms with Gasteiger partial charge in [0.25, 0.3) is 0 Å². The number of fused-ring (bicyclic) bond motifs is 1. The number of piperidine rings is 1. The van der Waals surface area contributed by atoms with Gasteiger partial charge in [-0.3, -0.25) is 4.79 Å². The Morgan fingerprint density at radius 2 is 1.94 bits per heavy atom. The standard InChI is InChI=1S/C25H30F2N4O3/c1-15(32)31-10-7-21-22(13-31)28-24(19-11-16(19)14-33-2)25(29-21)30-8-5-18(6-9-30)34-23-4-3-17(26)12-20(23)27/h3-4,12,16,18-19H,5-11,13-14H2,1-2H3/t16-,19+/m1/s1. The average molecular weight is 473 g/mol. The maximum Gasteiger partial charge on any atom is 0.219 e. The quantitative estimate of drug-likeness (QED) is 0.642. The first-order valence-corrected chi connectivity index (χ1v) is 11.9. The summed E-state index contributed by atoms with van der Waals surface area (Å²) in [5.74, 6) is 0.518. The van der Waals surface area contributed by atoms with Gasteiger partial charge in [0.2, 0.25) is 5.91 Å². The molecule has 2 aromatic rings. The fraction of sp³-hybridized carbons (Fsp3) is 0.560. The number of benzene rings is 1. The van der Waals surface area contributed by atoms with Crippen molar-refractivity contribution in [1.29, 1.82) is 0 Å². The molecule has 2 aliphatic heterocycles. The van der Waals surface area contributed by atoms with Crippen LogP contribution in [0, 0.1) is 17.6 Å². The van der Waals surface area contributed by atoms with Gasteiger partial charge in [0.05, 0.1) is 23.6 Å². The van der Waals surface area contributed by atoms with Crippen molar-refractivity contribution in [3.63, 3.8) is 0 Å². The lowest BCUT2D eigenvalue weighted by atomic mass is 10.1. The smallest absolute Gasteiger partial charge is 0.219 e. The van der Waals surface area contributed by atoms with Gasteiger partial charge in [-0.05, 0) is 24.5 Å². The Bertz CT molecular complexity index is 1070. The van der Waals surface area contributed by atoms with E-state index in [1.54, 1.807) is 14.0 Å². The number of ether oxygens (including phenoxy) is 2. The van der Waals surface area contributed by atoms with Gasteiger partial charge in [-0.25, -0.2) is 18.7 Å². The first-order chi connectivity index (χ1) is 16.4. The van der Waals surface area contributed by atoms with Crippen LogP contribution in [-0.4, -0.2) is 60.2 Å². The van der Waals surface area contributed by atoms with Gasteiger partial charge in [0.1, 0.15) is 11.9 Å². The molecule has 3 heterocycles. The van der Waals surface area contributed by atoms with Crippen LogP contribution in [0.15, 0.2) is 18.2 Å². The molecule has 1 aromatic carbocycles. The summed E-state index contributed by atoms with van der Waals surface area (Å²) in [5, 5.41) is 0. The monoisotopic (exact) mass is 472 g/mol. The van der Waals surface area contributed by atoms with Crippen molar-refractivity contribution in [3.05, 3.63) is 46.9 Å². The van der Waals surface area contributed by atoms with Crippen LogP contribution in [0.1, 0.15) is 49.2 Å². The molecule has 9 heteroatoms. The fourth-order valence-electron chi connectivity index (χ4n) is 5.00. The minimum absolute atomic E-state index is 0.0569. The van der Waals surface area contributed by atoms with Crippen molar-refractivity contribution in [3.8, 4) is 5.75 Å². The zero-order valence-electron chi connectivity index (χ0n) is 19.6. The minimum Gasteiger partial charge on any atom is -0.487 e. The first kappa shape index (κ1) is 23.0. The van der Waals surface area contributed by atoms with Gasteiger partial charge in [0, 0.05) is 71.5 Å². The molecule has 0 spiro atoms. The number of rotatable bonds is 6. The van der Waals surface area contributed by atoms with E-state index in [0.717, 1.165) is 48.5 Å². The maximum atomic E-state index is 14.0. The highest BCUT2D eigenvalue weighted by molar-refractivity contribution is 5.73. The molecule has 1 saturated heterocycles. The molecule has 1 saturated carbocycles. The second-order valence-corrected chi connectivity index (χ2v) is 9.45. The Balaban J connectivity index is 1.33. The van der Waals surface area contributed by atoms with E-state index in [4.69, 9.17) is 19.4 Å². The fourth-order valence-corrected chi connectivity index (χ4v) is 5.00. The van der Waals surface area contributed by atoms with E-state index in [-0.39, 0.29) is 17.8 Å². The summed E-state index contributed by atoms with van der Waals surface area (Å²) in [4.78, 5) is 26.1. The summed E-state index contributed by atoms with van der Waals surface area (Å²) >= 11 is 0. The highest BCUT2D eigenvalue weighted by Crippen LogP contribution is 2.49. The lowest BCUT2D eigenvalue weighted by Gasteiger charge is -2.35. The van der Waals surface area contributed by atoms with Crippen LogP contribution in [0.3, 0.4) is 0 Å². The van der Waals surface area contributed by atoms with E-state index in [0.29, 0.717) is 50.8 Å². The van der Waals surface area contributed by atoms with E-state index in [1.807, 2.05) is 4.90 Å². The number of amides is 1. The molecule has 2 fully saturated rings. The van der Waals surface area contributed by atoms with Crippen LogP contribution in [0.4, 0.5) is 14.6 Å². The van der Waals surface area contributed by atoms with Crippen LogP contribution in [0.5, 0.6) is 5.75 Å². The molecule has 1 aromatic heterocycles. The molecule has 1 amide bonds. The molecule has 182 valence electrons. The molecular formula is C25H30F2N4O3. The first-order valence-electron chi connectivity index (χ1n) is 11.9. The Morgan fingerprint density at radius 3 is 2.65 bits per heavy atom. The maximum absolute atomic E-state index is 14.0. The summed E-state index contributed by atoms with van der Waals surface area (Å²) in [6.07, 6.45) is 2.99. The molecule has 1 aliphatic carbocycles. The minimum atomic E-state index is -0.678. The molecule has 34 heavy (non-hydrogen) atoms. The van der Waals surface area contributed by atoms with Crippen LogP contribution in [-0.2, 0) is 22.5 Å². The lowest BCUT2D eigenvalue weighted by molar-refractivity contribution is -0.129. The number of nitrogens with zero attached hydrogens (tertiary/aromatic N) is 4. The van der Waals surface area contributed by atoms with Crippen LogP contribution in [0.25, 0.3) is 0 Å². The zero-order chi connectivity index (χ0) is 23.8. The highest BCUT2D eigenvalue weighted by atomic mass is 19.1. The number of methoxy groups -OCH3 is 1. The van der Waals surface area contributed by atoms with Crippen molar-refractivity contribution in [2.45, 2.75) is 51.2 Å². The van der Waals surface area contributed by atoms with Gasteiger partial charge < -0.3 is 19.3 Å². The van der Waals surface area contributed by atoms with E-state index in [1.165, 1.54) is 12.1 Å². The summed E-state index contributed by atoms with van der Waals surface area (Å²) in [5.41, 5.74) is 2.86. The Labute approximate surface area is 198 Å². The van der Waals surface area contributed by atoms with Gasteiger partial charge in [-0.2, -0.15) is 0 Å². The topological polar surface area (TPSA) is 67.8 Å². The molecule has 0 unspecified atom stereocenters. The highest BCUT2D eigenvalue weighted by Gasteiger charge is 2.43. The summed E-state index contributed by atoms with van der Waals surface area (Å²) in [6, 6.07) is 3.40. The van der Waals surface area contributed by atoms with E-state index in [2.05, 4.69) is 4.90 Å². The third kappa shape index (κ3) is 4.71. The van der Waals surface area contributed by atoms with Gasteiger partial charge in [-0.1, -0.05) is 0 Å². The summed E-state index contributed by atoms with van der Waals surface area (Å²) in [6.45, 7) is 4.88. The lowest BCUT2D eigenvalue weighted by Crippen LogP contribution is -2.40. The van der Waals surface area contributed by atoms with Crippen molar-refractivity contribution in [1.82, 2.24) is 14.9 Å². The molecule has 7 nitrogen and oxygen atoms in total. The van der Waals surface area contributed by atoms with Crippen molar-refractivity contribution < 1.29 is 23.0 Å². The molecule has 0 N–H and O–H groups in total. The number of anilines is 1. The van der Waals surface area contributed by atoms with E-state index < -0.39 is 11.6 Å². The number of carbonyl (C=O) groups excluding carboxylic acids is 1. The number of carbonyl (C=O) groups is 1. The zero-order valence-corrected chi connectivity index (χ0v) is 19.6. The largest absolute Gasteiger partial charge is 0.487 e. The third-order valence-corrected chi connectivity index (χ3v) is 7.05. The molecule has 0 radical (unpaired) electrons. The molecule has 2 atom stereocenters. The SMILES string of the molecule is COC[C@H]1C[C@@H]1c1nc2c(nc1N1CCC(Oc3ccc(F)cc3F)CC1)CCN(C(C)=O)C2. The van der Waals surface area contributed by atoms with Crippen LogP contribution in [0.2, 0.25) is 0 Å². The summed E-state index contributed by atoms with van der Waals surface area (Å²) in [7, 11) is 1.72. The van der Waals surface area contributed by atoms with Gasteiger partial charge in [0.15, 0.2) is 17.4 Å². The Morgan fingerprint density at radius 1 is 1.15 bits per heavy atom. The predicted molar refractivity (Wildman–Crippen MR) is 122 cm³/mol. The normalized spacial score (nSPS) is 22.5. The van der Waals surface area contributed by atoms with Crippen molar-refractivity contribution in [2.75, 3.05) is 38.3 Å². The molecular weight excluding hydrogens is 442 g/mol. The predicted octanol–water partition coefficient (Wildman–Crippen LogP) is 3.46. The number of halogens is 2. The third-order valence-electron chi connectivity index (χ3n) is 7.05. The van der Waals surface area contributed by atoms with Crippen molar-refractivity contribution >= 4 is 11.7 Å². The molecule has 0 bridgehead atoms. The van der Waals surface area contributed by atoms with Crippen molar-refractivity contribution in [2.24, 2.45) is 5.92 Å². The number of hydrogen-bond acceptors (Lipinski definition) is 6. The second-order valence-electron chi connectivity index (χ2n) is 9.45.